The summed E-state index contributed by atoms with van der Waals surface area (Å²) in [6, 6.07) is 9.66. The van der Waals surface area contributed by atoms with Gasteiger partial charge in [0.15, 0.2) is 5.13 Å². The van der Waals surface area contributed by atoms with E-state index in [9.17, 15) is 4.79 Å². The van der Waals surface area contributed by atoms with Crippen LogP contribution in [0.15, 0.2) is 41.8 Å². The lowest BCUT2D eigenvalue weighted by Gasteiger charge is -1.98. The Kier molecular flexibility index (Phi) is 4.09. The van der Waals surface area contributed by atoms with Crippen molar-refractivity contribution in [1.29, 1.82) is 0 Å². The molecule has 0 aliphatic carbocycles. The largest absolute Gasteiger partial charge is 0.375 e. The second-order valence-corrected chi connectivity index (χ2v) is 4.53. The first-order valence-electron chi connectivity index (χ1n) is 5.45. The number of anilines is 1. The van der Waals surface area contributed by atoms with Crippen LogP contribution in [0.1, 0.15) is 11.3 Å². The molecule has 0 unspecified atom stereocenters. The second-order valence-electron chi connectivity index (χ2n) is 3.64. The summed E-state index contributed by atoms with van der Waals surface area (Å²) < 4.78 is 0. The summed E-state index contributed by atoms with van der Waals surface area (Å²) >= 11 is 1.36. The first-order chi connectivity index (χ1) is 8.74. The molecule has 0 aliphatic heterocycles. The monoisotopic (exact) mass is 259 g/mol. The number of aromatic nitrogens is 1. The van der Waals surface area contributed by atoms with Crippen molar-refractivity contribution in [2.45, 2.75) is 6.54 Å². The Balaban J connectivity index is 1.84. The normalized spacial score (nSPS) is 10.7. The van der Waals surface area contributed by atoms with E-state index < -0.39 is 0 Å². The number of hydrogen-bond donors (Lipinski definition) is 2. The molecule has 2 aromatic rings. The number of amides is 1. The zero-order chi connectivity index (χ0) is 12.8. The lowest BCUT2D eigenvalue weighted by molar-refractivity contribution is -0.116. The maximum atomic E-state index is 11.5. The molecule has 2 rings (SSSR count). The van der Waals surface area contributed by atoms with Gasteiger partial charge in [-0.2, -0.15) is 0 Å². The standard InChI is InChI=1S/C13H13N3OS/c14-13-16-11(9-18-13)8-15-12(17)7-6-10-4-2-1-3-5-10/h1-7,9H,8H2,(H2,14,16)(H,15,17). The molecule has 3 N–H and O–H groups in total. The van der Waals surface area contributed by atoms with Crippen molar-refractivity contribution in [3.63, 3.8) is 0 Å². The van der Waals surface area contributed by atoms with Gasteiger partial charge in [-0.3, -0.25) is 4.79 Å². The Morgan fingerprint density at radius 2 is 2.17 bits per heavy atom. The van der Waals surface area contributed by atoms with E-state index in [1.165, 1.54) is 17.4 Å². The van der Waals surface area contributed by atoms with Crippen molar-refractivity contribution in [3.05, 3.63) is 53.0 Å². The summed E-state index contributed by atoms with van der Waals surface area (Å²) in [6.45, 7) is 0.395. The molecule has 0 bridgehead atoms. The van der Waals surface area contributed by atoms with Crippen molar-refractivity contribution in [2.75, 3.05) is 5.73 Å². The van der Waals surface area contributed by atoms with Crippen molar-refractivity contribution in [2.24, 2.45) is 0 Å². The van der Waals surface area contributed by atoms with Gasteiger partial charge in [-0.05, 0) is 11.6 Å². The van der Waals surface area contributed by atoms with Crippen molar-refractivity contribution in [3.8, 4) is 0 Å². The summed E-state index contributed by atoms with van der Waals surface area (Å²) in [5.41, 5.74) is 7.27. The minimum Gasteiger partial charge on any atom is -0.375 e. The highest BCUT2D eigenvalue weighted by atomic mass is 32.1. The number of nitrogens with one attached hydrogen (secondary N) is 1. The van der Waals surface area contributed by atoms with E-state index in [1.54, 1.807) is 6.08 Å². The van der Waals surface area contributed by atoms with Gasteiger partial charge in [0.25, 0.3) is 0 Å². The van der Waals surface area contributed by atoms with Gasteiger partial charge in [0.2, 0.25) is 5.91 Å². The van der Waals surface area contributed by atoms with Crippen LogP contribution in [0.5, 0.6) is 0 Å². The van der Waals surface area contributed by atoms with Gasteiger partial charge in [-0.15, -0.1) is 11.3 Å². The third kappa shape index (κ3) is 3.71. The average Bonchev–Trinajstić information content (AvgIpc) is 2.81. The molecule has 18 heavy (non-hydrogen) atoms. The van der Waals surface area contributed by atoms with Gasteiger partial charge in [-0.1, -0.05) is 30.3 Å². The van der Waals surface area contributed by atoms with Gasteiger partial charge < -0.3 is 11.1 Å². The number of carbonyl (C=O) groups excluding carboxylic acids is 1. The number of nitrogens with zero attached hydrogens (tertiary/aromatic N) is 1. The second kappa shape index (κ2) is 5.97. The van der Waals surface area contributed by atoms with Gasteiger partial charge >= 0.3 is 0 Å². The van der Waals surface area contributed by atoms with E-state index in [0.29, 0.717) is 11.7 Å². The number of thiazole rings is 1. The Hall–Kier alpha value is -2.14. The van der Waals surface area contributed by atoms with Crippen molar-refractivity contribution >= 4 is 28.5 Å². The van der Waals surface area contributed by atoms with Gasteiger partial charge in [-0.25, -0.2) is 4.98 Å². The van der Waals surface area contributed by atoms with Crippen molar-refractivity contribution < 1.29 is 4.79 Å². The molecule has 0 saturated heterocycles. The summed E-state index contributed by atoms with van der Waals surface area (Å²) in [7, 11) is 0. The molecule has 1 aromatic carbocycles. The highest BCUT2D eigenvalue weighted by molar-refractivity contribution is 7.13. The Morgan fingerprint density at radius 3 is 2.83 bits per heavy atom. The van der Waals surface area contributed by atoms with Crippen LogP contribution in [0.4, 0.5) is 5.13 Å². The van der Waals surface area contributed by atoms with Crippen LogP contribution in [0, 0.1) is 0 Å². The zero-order valence-corrected chi connectivity index (χ0v) is 10.5. The Bertz CT molecular complexity index is 548. The molecule has 1 aromatic heterocycles. The summed E-state index contributed by atoms with van der Waals surface area (Å²) in [4.78, 5) is 15.6. The molecule has 0 aliphatic rings. The molecule has 4 nitrogen and oxygen atoms in total. The predicted octanol–water partition coefficient (Wildman–Crippen LogP) is 2.05. The van der Waals surface area contributed by atoms with E-state index >= 15 is 0 Å². The molecule has 0 spiro atoms. The summed E-state index contributed by atoms with van der Waals surface area (Å²) in [5, 5.41) is 5.09. The topological polar surface area (TPSA) is 68.0 Å². The third-order valence-electron chi connectivity index (χ3n) is 2.24. The molecule has 1 amide bonds. The summed E-state index contributed by atoms with van der Waals surface area (Å²) in [5.74, 6) is -0.148. The highest BCUT2D eigenvalue weighted by Crippen LogP contribution is 2.10. The van der Waals surface area contributed by atoms with Crippen LogP contribution in [-0.4, -0.2) is 10.9 Å². The number of rotatable bonds is 4. The highest BCUT2D eigenvalue weighted by Gasteiger charge is 2.00. The minimum absolute atomic E-state index is 0.148. The first-order valence-corrected chi connectivity index (χ1v) is 6.33. The van der Waals surface area contributed by atoms with E-state index in [1.807, 2.05) is 35.7 Å². The van der Waals surface area contributed by atoms with Gasteiger partial charge in [0.05, 0.1) is 12.2 Å². The number of benzene rings is 1. The van der Waals surface area contributed by atoms with E-state index in [2.05, 4.69) is 10.3 Å². The Morgan fingerprint density at radius 1 is 1.39 bits per heavy atom. The van der Waals surface area contributed by atoms with Crippen LogP contribution < -0.4 is 11.1 Å². The van der Waals surface area contributed by atoms with Crippen LogP contribution in [0.3, 0.4) is 0 Å². The number of carbonyl (C=O) groups is 1. The van der Waals surface area contributed by atoms with Crippen LogP contribution in [-0.2, 0) is 11.3 Å². The van der Waals surface area contributed by atoms with Crippen LogP contribution >= 0.6 is 11.3 Å². The molecule has 1 heterocycles. The molecule has 0 atom stereocenters. The number of nitrogens with two attached hydrogens (primary N) is 1. The van der Waals surface area contributed by atoms with Crippen molar-refractivity contribution in [1.82, 2.24) is 10.3 Å². The fraction of sp³-hybridized carbons (Fsp3) is 0.0769. The molecule has 0 saturated carbocycles. The zero-order valence-electron chi connectivity index (χ0n) is 9.67. The molecule has 0 radical (unpaired) electrons. The van der Waals surface area contributed by atoms with Gasteiger partial charge in [0, 0.05) is 11.5 Å². The van der Waals surface area contributed by atoms with Crippen LogP contribution in [0.25, 0.3) is 6.08 Å². The summed E-state index contributed by atoms with van der Waals surface area (Å²) in [6.07, 6.45) is 3.27. The van der Waals surface area contributed by atoms with E-state index in [4.69, 9.17) is 5.73 Å². The van der Waals surface area contributed by atoms with Crippen LogP contribution in [0.2, 0.25) is 0 Å². The first kappa shape index (κ1) is 12.3. The molecule has 0 fully saturated rings. The molecule has 92 valence electrons. The average molecular weight is 259 g/mol. The number of nitrogen functional groups attached to an aromatic ring is 1. The van der Waals surface area contributed by atoms with Gasteiger partial charge in [0.1, 0.15) is 0 Å². The Labute approximate surface area is 109 Å². The molecule has 5 heteroatoms. The van der Waals surface area contributed by atoms with E-state index in [0.717, 1.165) is 11.3 Å². The molecular formula is C13H13N3OS. The SMILES string of the molecule is Nc1nc(CNC(=O)C=Cc2ccccc2)cs1. The smallest absolute Gasteiger partial charge is 0.244 e. The fourth-order valence-corrected chi connectivity index (χ4v) is 1.94. The lowest BCUT2D eigenvalue weighted by atomic mass is 10.2. The quantitative estimate of drug-likeness (QED) is 0.826. The minimum atomic E-state index is -0.148. The maximum Gasteiger partial charge on any atom is 0.244 e. The third-order valence-corrected chi connectivity index (χ3v) is 2.96. The number of hydrogen-bond acceptors (Lipinski definition) is 4. The predicted molar refractivity (Wildman–Crippen MR) is 73.8 cm³/mol. The fourth-order valence-electron chi connectivity index (χ4n) is 1.38. The molecular weight excluding hydrogens is 246 g/mol. The van der Waals surface area contributed by atoms with E-state index in [-0.39, 0.29) is 5.91 Å². The maximum absolute atomic E-state index is 11.5. The lowest BCUT2D eigenvalue weighted by Crippen LogP contribution is -2.20.